The molecule has 6 heteroatoms. The second-order valence-corrected chi connectivity index (χ2v) is 7.09. The van der Waals surface area contributed by atoms with Crippen molar-refractivity contribution >= 4 is 11.8 Å². The highest BCUT2D eigenvalue weighted by Crippen LogP contribution is 2.22. The Kier molecular flexibility index (Phi) is 35.3. The van der Waals surface area contributed by atoms with Gasteiger partial charge in [-0.2, -0.15) is 0 Å². The van der Waals surface area contributed by atoms with Gasteiger partial charge in [0.1, 0.15) is 6.61 Å². The van der Waals surface area contributed by atoms with Crippen LogP contribution < -0.4 is 10.6 Å². The first-order chi connectivity index (χ1) is 15.8. The molecular weight excluding hydrogens is 419 g/mol. The number of halogens is 1. The van der Waals surface area contributed by atoms with Crippen LogP contribution in [0.4, 0.5) is 4.39 Å². The zero-order valence-electron chi connectivity index (χ0n) is 21.5. The Morgan fingerprint density at radius 1 is 1.18 bits per heavy atom. The van der Waals surface area contributed by atoms with Gasteiger partial charge in [0.15, 0.2) is 5.76 Å². The Morgan fingerprint density at radius 3 is 2.06 bits per heavy atom. The quantitative estimate of drug-likeness (QED) is 0.231. The number of terminal acetylenes is 2. The fourth-order valence-corrected chi connectivity index (χ4v) is 2.46. The maximum atomic E-state index is 11.7. The van der Waals surface area contributed by atoms with E-state index in [9.17, 15) is 14.0 Å². The molecule has 33 heavy (non-hydrogen) atoms. The van der Waals surface area contributed by atoms with E-state index < -0.39 is 5.91 Å². The molecule has 0 spiro atoms. The fraction of sp³-hybridized carbons (Fsp3) is 0.556. The van der Waals surface area contributed by atoms with Crippen molar-refractivity contribution in [3.8, 4) is 25.2 Å². The topological polar surface area (TPSA) is 67.4 Å². The average Bonchev–Trinajstić information content (AvgIpc) is 2.81. The molecule has 1 aliphatic carbocycles. The number of alkyl halides is 1. The van der Waals surface area contributed by atoms with Crippen molar-refractivity contribution in [3.05, 3.63) is 36.6 Å². The van der Waals surface area contributed by atoms with Crippen molar-refractivity contribution in [1.29, 1.82) is 0 Å². The van der Waals surface area contributed by atoms with Gasteiger partial charge in [-0.05, 0) is 51.8 Å². The van der Waals surface area contributed by atoms with E-state index in [0.717, 1.165) is 5.92 Å². The molecule has 0 aromatic rings. The van der Waals surface area contributed by atoms with Gasteiger partial charge in [0.25, 0.3) is 5.91 Å². The summed E-state index contributed by atoms with van der Waals surface area (Å²) < 4.78 is 14.7. The number of carbonyl (C=O) groups excluding carboxylic acids is 2. The van der Waals surface area contributed by atoms with Crippen molar-refractivity contribution in [2.45, 2.75) is 72.8 Å². The Morgan fingerprint density at radius 2 is 1.70 bits per heavy atom. The van der Waals surface area contributed by atoms with E-state index in [-0.39, 0.29) is 30.9 Å². The molecule has 0 unspecified atom stereocenters. The average molecular weight is 465 g/mol. The number of amides is 2. The van der Waals surface area contributed by atoms with E-state index in [2.05, 4.69) is 42.9 Å². The summed E-state index contributed by atoms with van der Waals surface area (Å²) in [5.74, 6) is 2.82. The zero-order chi connectivity index (χ0) is 26.5. The predicted octanol–water partition coefficient (Wildman–Crippen LogP) is 5.35. The van der Waals surface area contributed by atoms with Crippen LogP contribution in [0.5, 0.6) is 0 Å². The molecule has 2 amide bonds. The van der Waals surface area contributed by atoms with Crippen LogP contribution in [0.2, 0.25) is 0 Å². The van der Waals surface area contributed by atoms with Gasteiger partial charge in [-0.15, -0.1) is 25.8 Å². The van der Waals surface area contributed by atoms with Gasteiger partial charge in [-0.3, -0.25) is 14.0 Å². The molecular formula is C27H45FN2O3. The van der Waals surface area contributed by atoms with Crippen LogP contribution in [0.15, 0.2) is 36.6 Å². The van der Waals surface area contributed by atoms with Crippen molar-refractivity contribution in [2.24, 2.45) is 5.92 Å². The molecule has 188 valence electrons. The lowest BCUT2D eigenvalue weighted by Gasteiger charge is -2.15. The van der Waals surface area contributed by atoms with Gasteiger partial charge in [-0.25, -0.2) is 0 Å². The third kappa shape index (κ3) is 31.3. The molecule has 0 aromatic carbocycles. The number of hydrogen-bond donors (Lipinski definition) is 2. The predicted molar refractivity (Wildman–Crippen MR) is 139 cm³/mol. The maximum absolute atomic E-state index is 11.7. The van der Waals surface area contributed by atoms with Gasteiger partial charge < -0.3 is 15.4 Å². The van der Waals surface area contributed by atoms with E-state index in [0.29, 0.717) is 7.18 Å². The Labute approximate surface area is 202 Å². The zero-order valence-corrected chi connectivity index (χ0v) is 21.5. The lowest BCUT2D eigenvalue weighted by molar-refractivity contribution is -0.126. The number of ether oxygens (including phenoxy) is 1. The second kappa shape index (κ2) is 31.2. The van der Waals surface area contributed by atoms with Crippen LogP contribution in [0.3, 0.4) is 0 Å². The largest absolute Gasteiger partial charge is 0.484 e. The number of hydrogen-bond acceptors (Lipinski definition) is 3. The summed E-state index contributed by atoms with van der Waals surface area (Å²) in [4.78, 5) is 23.0. The van der Waals surface area contributed by atoms with Crippen molar-refractivity contribution < 1.29 is 18.7 Å². The van der Waals surface area contributed by atoms with E-state index >= 15 is 0 Å². The minimum atomic E-state index is -0.435. The summed E-state index contributed by atoms with van der Waals surface area (Å²) in [6.45, 7) is 13.1. The van der Waals surface area contributed by atoms with Gasteiger partial charge >= 0.3 is 0 Å². The summed E-state index contributed by atoms with van der Waals surface area (Å²) in [5, 5.41) is 5.14. The molecule has 1 aliphatic rings. The van der Waals surface area contributed by atoms with Crippen LogP contribution in [0.1, 0.15) is 66.7 Å². The third-order valence-corrected chi connectivity index (χ3v) is 3.79. The molecule has 0 bridgehead atoms. The Balaban J connectivity index is -0.000000244. The molecule has 1 saturated carbocycles. The first kappa shape index (κ1) is 37.3. The summed E-state index contributed by atoms with van der Waals surface area (Å²) in [6.07, 6.45) is 26.8. The van der Waals surface area contributed by atoms with Gasteiger partial charge in [0.2, 0.25) is 5.91 Å². The van der Waals surface area contributed by atoms with Crippen LogP contribution in [-0.2, 0) is 14.3 Å². The lowest BCUT2D eigenvalue weighted by atomic mass is 9.91. The second-order valence-electron chi connectivity index (χ2n) is 7.09. The summed E-state index contributed by atoms with van der Waals surface area (Å²) in [6, 6.07) is 0.0377. The molecule has 0 aliphatic heterocycles. The van der Waals surface area contributed by atoms with Gasteiger partial charge in [0, 0.05) is 6.04 Å². The molecule has 2 N–H and O–H groups in total. The van der Waals surface area contributed by atoms with Crippen LogP contribution in [0.25, 0.3) is 0 Å². The molecule has 0 saturated heterocycles. The normalized spacial score (nSPS) is 12.5. The standard InChI is InChI=1S/C14H20N2O3.C7H14.C3H6.C2H2.CH3F/c1-5-7-8-9-19-12(6-2)14(18)15-10-13(17)16-11(3)4;1-7-5-3-2-4-6-7;1-3-2;2*1-2/h1,6-8,11H,9-10H2,2-4H3,(H,15,18)(H,16,17);7H,2-6H2,1H3;3H,1H2,2H3;1-2H;1H3/b8-7+,12-6-;;;;. The van der Waals surface area contributed by atoms with Crippen LogP contribution >= 0.6 is 0 Å². The Bertz CT molecular complexity index is 596. The van der Waals surface area contributed by atoms with Crippen LogP contribution in [0, 0.1) is 31.1 Å². The minimum absolute atomic E-state index is 0.0377. The molecule has 0 aromatic heterocycles. The van der Waals surface area contributed by atoms with E-state index in [1.165, 1.54) is 44.3 Å². The first-order valence-electron chi connectivity index (χ1n) is 11.1. The highest BCUT2D eigenvalue weighted by molar-refractivity contribution is 5.94. The number of rotatable bonds is 7. The van der Waals surface area contributed by atoms with Crippen molar-refractivity contribution in [1.82, 2.24) is 10.6 Å². The van der Waals surface area contributed by atoms with Gasteiger partial charge in [-0.1, -0.05) is 51.0 Å². The summed E-state index contributed by atoms with van der Waals surface area (Å²) in [5.41, 5.74) is 0. The fourth-order valence-electron chi connectivity index (χ4n) is 2.46. The number of carbonyl (C=O) groups is 2. The summed E-state index contributed by atoms with van der Waals surface area (Å²) in [7, 11) is 0.500. The molecule has 0 atom stereocenters. The molecule has 1 fully saturated rings. The van der Waals surface area contributed by atoms with E-state index in [4.69, 9.17) is 11.2 Å². The third-order valence-electron chi connectivity index (χ3n) is 3.79. The molecule has 5 nitrogen and oxygen atoms in total. The van der Waals surface area contributed by atoms with E-state index in [1.54, 1.807) is 19.1 Å². The number of allylic oxidation sites excluding steroid dienone is 3. The lowest BCUT2D eigenvalue weighted by Crippen LogP contribution is -2.40. The first-order valence-corrected chi connectivity index (χ1v) is 11.1. The minimum Gasteiger partial charge on any atom is -0.484 e. The highest BCUT2D eigenvalue weighted by atomic mass is 19.1. The highest BCUT2D eigenvalue weighted by Gasteiger charge is 2.11. The van der Waals surface area contributed by atoms with E-state index in [1.807, 2.05) is 20.8 Å². The number of nitrogens with one attached hydrogen (secondary N) is 2. The molecule has 0 radical (unpaired) electrons. The molecule has 1 rings (SSSR count). The Hall–Kier alpha value is -2.99. The molecule has 0 heterocycles. The van der Waals surface area contributed by atoms with Crippen LogP contribution in [-0.4, -0.2) is 38.2 Å². The summed E-state index contributed by atoms with van der Waals surface area (Å²) >= 11 is 0. The smallest absolute Gasteiger partial charge is 0.286 e. The van der Waals surface area contributed by atoms with Gasteiger partial charge in [0.05, 0.1) is 13.7 Å². The van der Waals surface area contributed by atoms with Crippen molar-refractivity contribution in [3.63, 3.8) is 0 Å². The SMILES string of the molecule is C#C.C#C/C=C/CO/C(=C\C)C(=O)NCC(=O)NC(C)C.C=CC.CC1CCCCC1.CF. The van der Waals surface area contributed by atoms with Crippen molar-refractivity contribution in [2.75, 3.05) is 20.3 Å². The monoisotopic (exact) mass is 464 g/mol. The maximum Gasteiger partial charge on any atom is 0.286 e.